The fourth-order valence-electron chi connectivity index (χ4n) is 2.61. The lowest BCUT2D eigenvalue weighted by Gasteiger charge is -2.31. The van der Waals surface area contributed by atoms with Gasteiger partial charge in [0.15, 0.2) is 0 Å². The van der Waals surface area contributed by atoms with Gasteiger partial charge in [-0.25, -0.2) is 9.97 Å². The third-order valence-corrected chi connectivity index (χ3v) is 4.01. The Hall–Kier alpha value is -1.49. The van der Waals surface area contributed by atoms with E-state index < -0.39 is 0 Å². The van der Waals surface area contributed by atoms with Gasteiger partial charge in [-0.15, -0.1) is 0 Å². The quantitative estimate of drug-likeness (QED) is 0.850. The first-order valence-corrected chi connectivity index (χ1v) is 6.82. The van der Waals surface area contributed by atoms with Gasteiger partial charge < -0.3 is 10.6 Å². The molecule has 1 fully saturated rings. The number of aromatic nitrogens is 2. The van der Waals surface area contributed by atoms with Crippen LogP contribution in [-0.2, 0) is 11.3 Å². The number of aryl methyl sites for hydroxylation is 1. The van der Waals surface area contributed by atoms with Crippen molar-refractivity contribution in [2.24, 2.45) is 11.3 Å². The number of carbonyl (C=O) groups excluding carboxylic acids is 1. The number of nitrogens with one attached hydrogen (secondary N) is 2. The molecule has 0 spiro atoms. The largest absolute Gasteiger partial charge is 0.350 e. The second kappa shape index (κ2) is 5.65. The summed E-state index contributed by atoms with van der Waals surface area (Å²) in [4.78, 5) is 20.8. The summed E-state index contributed by atoms with van der Waals surface area (Å²) in [7, 11) is 0. The second-order valence-electron chi connectivity index (χ2n) is 5.52. The first-order chi connectivity index (χ1) is 9.04. The van der Waals surface area contributed by atoms with E-state index in [0.29, 0.717) is 12.5 Å². The maximum Gasteiger partial charge on any atom is 0.228 e. The zero-order valence-electron chi connectivity index (χ0n) is 11.9. The summed E-state index contributed by atoms with van der Waals surface area (Å²) < 4.78 is 0. The molecule has 1 aromatic heterocycles. The van der Waals surface area contributed by atoms with Crippen molar-refractivity contribution in [1.82, 2.24) is 20.6 Å². The molecule has 0 aliphatic carbocycles. The zero-order chi connectivity index (χ0) is 13.9. The fourth-order valence-corrected chi connectivity index (χ4v) is 2.61. The molecule has 2 N–H and O–H groups in total. The lowest BCUT2D eigenvalue weighted by Crippen LogP contribution is -2.45. The van der Waals surface area contributed by atoms with Gasteiger partial charge in [-0.1, -0.05) is 13.8 Å². The molecule has 5 nitrogen and oxygen atoms in total. The van der Waals surface area contributed by atoms with Gasteiger partial charge in [0.25, 0.3) is 0 Å². The molecule has 0 radical (unpaired) electrons. The van der Waals surface area contributed by atoms with E-state index in [2.05, 4.69) is 34.4 Å². The van der Waals surface area contributed by atoms with Crippen molar-refractivity contribution in [3.8, 4) is 0 Å². The van der Waals surface area contributed by atoms with E-state index in [1.807, 2.05) is 13.0 Å². The highest BCUT2D eigenvalue weighted by Crippen LogP contribution is 2.34. The molecule has 1 aliphatic heterocycles. The molecule has 1 amide bonds. The van der Waals surface area contributed by atoms with Crippen LogP contribution in [0.15, 0.2) is 12.3 Å². The molecule has 0 bridgehead atoms. The van der Waals surface area contributed by atoms with Crippen LogP contribution in [0.3, 0.4) is 0 Å². The van der Waals surface area contributed by atoms with Gasteiger partial charge in [0, 0.05) is 12.7 Å². The normalized spacial score (nSPS) is 22.7. The molecule has 1 atom stereocenters. The molecule has 1 unspecified atom stereocenters. The van der Waals surface area contributed by atoms with Gasteiger partial charge in [0.05, 0.1) is 17.7 Å². The summed E-state index contributed by atoms with van der Waals surface area (Å²) in [5.74, 6) is 1.19. The highest BCUT2D eigenvalue weighted by Gasteiger charge is 2.43. The number of hydrogen-bond donors (Lipinski definition) is 2. The summed E-state index contributed by atoms with van der Waals surface area (Å²) in [6, 6.07) is 1.84. The van der Waals surface area contributed by atoms with Gasteiger partial charge >= 0.3 is 0 Å². The molecular formula is C14H22N4O. The maximum absolute atomic E-state index is 12.5. The summed E-state index contributed by atoms with van der Waals surface area (Å²) in [5.41, 5.74) is 0.577. The van der Waals surface area contributed by atoms with E-state index in [-0.39, 0.29) is 11.3 Å². The van der Waals surface area contributed by atoms with Gasteiger partial charge in [-0.05, 0) is 31.9 Å². The Morgan fingerprint density at radius 1 is 1.58 bits per heavy atom. The second-order valence-corrected chi connectivity index (χ2v) is 5.52. The van der Waals surface area contributed by atoms with Crippen LogP contribution in [0.25, 0.3) is 0 Å². The summed E-state index contributed by atoms with van der Waals surface area (Å²) in [6.45, 7) is 8.22. The lowest BCUT2D eigenvalue weighted by atomic mass is 9.75. The first-order valence-electron chi connectivity index (χ1n) is 6.82. The van der Waals surface area contributed by atoms with Crippen molar-refractivity contribution in [3.63, 3.8) is 0 Å². The third kappa shape index (κ3) is 2.92. The highest BCUT2D eigenvalue weighted by molar-refractivity contribution is 5.83. The number of nitrogens with zero attached hydrogens (tertiary/aromatic N) is 2. The maximum atomic E-state index is 12.5. The Balaban J connectivity index is 2.00. The molecule has 1 aromatic rings. The van der Waals surface area contributed by atoms with Crippen LogP contribution in [0.2, 0.25) is 0 Å². The minimum Gasteiger partial charge on any atom is -0.350 e. The fraction of sp³-hybridized carbons (Fsp3) is 0.643. The van der Waals surface area contributed by atoms with Crippen molar-refractivity contribution >= 4 is 5.91 Å². The van der Waals surface area contributed by atoms with Crippen LogP contribution >= 0.6 is 0 Å². The van der Waals surface area contributed by atoms with Crippen molar-refractivity contribution in [3.05, 3.63) is 23.8 Å². The van der Waals surface area contributed by atoms with E-state index in [0.717, 1.165) is 31.0 Å². The standard InChI is InChI=1S/C14H22N4O/c1-10(2)14(5-7-15-9-14)13(19)17-8-12-4-6-16-11(3)18-12/h4,6,10,15H,5,7-9H2,1-3H3,(H,17,19). The van der Waals surface area contributed by atoms with Crippen molar-refractivity contribution in [2.75, 3.05) is 13.1 Å². The summed E-state index contributed by atoms with van der Waals surface area (Å²) in [5, 5.41) is 6.32. The molecule has 19 heavy (non-hydrogen) atoms. The summed E-state index contributed by atoms with van der Waals surface area (Å²) in [6.07, 6.45) is 2.62. The Kier molecular flexibility index (Phi) is 4.14. The number of hydrogen-bond acceptors (Lipinski definition) is 4. The lowest BCUT2D eigenvalue weighted by molar-refractivity contribution is -0.132. The zero-order valence-corrected chi connectivity index (χ0v) is 11.9. The molecular weight excluding hydrogens is 240 g/mol. The van der Waals surface area contributed by atoms with Crippen LogP contribution < -0.4 is 10.6 Å². The Labute approximate surface area is 114 Å². The Morgan fingerprint density at radius 3 is 2.95 bits per heavy atom. The SMILES string of the molecule is Cc1nccc(CNC(=O)C2(C(C)C)CCNC2)n1. The predicted octanol–water partition coefficient (Wildman–Crippen LogP) is 1.04. The van der Waals surface area contributed by atoms with Crippen LogP contribution in [-0.4, -0.2) is 29.0 Å². The van der Waals surface area contributed by atoms with E-state index in [9.17, 15) is 4.79 Å². The van der Waals surface area contributed by atoms with E-state index in [1.165, 1.54) is 0 Å². The summed E-state index contributed by atoms with van der Waals surface area (Å²) >= 11 is 0. The van der Waals surface area contributed by atoms with Crippen molar-refractivity contribution in [2.45, 2.75) is 33.7 Å². The van der Waals surface area contributed by atoms with E-state index >= 15 is 0 Å². The first kappa shape index (κ1) is 13.9. The van der Waals surface area contributed by atoms with Crippen molar-refractivity contribution in [1.29, 1.82) is 0 Å². The van der Waals surface area contributed by atoms with Gasteiger partial charge in [0.1, 0.15) is 5.82 Å². The van der Waals surface area contributed by atoms with E-state index in [4.69, 9.17) is 0 Å². The molecule has 2 rings (SSSR count). The Bertz CT molecular complexity index is 453. The van der Waals surface area contributed by atoms with Crippen LogP contribution in [0, 0.1) is 18.3 Å². The average molecular weight is 262 g/mol. The number of carbonyl (C=O) groups is 1. The molecule has 0 saturated carbocycles. The smallest absolute Gasteiger partial charge is 0.228 e. The minimum absolute atomic E-state index is 0.128. The van der Waals surface area contributed by atoms with Crippen LogP contribution in [0.4, 0.5) is 0 Å². The average Bonchev–Trinajstić information content (AvgIpc) is 2.86. The predicted molar refractivity (Wildman–Crippen MR) is 73.4 cm³/mol. The van der Waals surface area contributed by atoms with Gasteiger partial charge in [-0.2, -0.15) is 0 Å². The third-order valence-electron chi connectivity index (χ3n) is 4.01. The van der Waals surface area contributed by atoms with Crippen molar-refractivity contribution < 1.29 is 4.79 Å². The molecule has 2 heterocycles. The Morgan fingerprint density at radius 2 is 2.37 bits per heavy atom. The minimum atomic E-state index is -0.276. The molecule has 1 saturated heterocycles. The molecule has 104 valence electrons. The number of amides is 1. The number of rotatable bonds is 4. The monoisotopic (exact) mass is 262 g/mol. The molecule has 1 aliphatic rings. The topological polar surface area (TPSA) is 66.9 Å². The van der Waals surface area contributed by atoms with E-state index in [1.54, 1.807) is 6.20 Å². The van der Waals surface area contributed by atoms with Gasteiger partial charge in [-0.3, -0.25) is 4.79 Å². The van der Waals surface area contributed by atoms with Crippen LogP contribution in [0.1, 0.15) is 31.8 Å². The highest BCUT2D eigenvalue weighted by atomic mass is 16.2. The van der Waals surface area contributed by atoms with Gasteiger partial charge in [0.2, 0.25) is 5.91 Å². The van der Waals surface area contributed by atoms with Crippen LogP contribution in [0.5, 0.6) is 0 Å². The molecule has 5 heteroatoms. The molecule has 0 aromatic carbocycles.